The van der Waals surface area contributed by atoms with Gasteiger partial charge in [0.2, 0.25) is 0 Å². The second-order valence-electron chi connectivity index (χ2n) is 4.97. The minimum Gasteiger partial charge on any atom is -0.388 e. The minimum absolute atomic E-state index is 0.0658. The molecule has 23 heavy (non-hydrogen) atoms. The smallest absolute Gasteiger partial charge is 0.139 e. The molecular formula is C18H13N5. The van der Waals surface area contributed by atoms with E-state index >= 15 is 0 Å². The maximum Gasteiger partial charge on any atom is 0.139 e. The van der Waals surface area contributed by atoms with Crippen molar-refractivity contribution in [3.05, 3.63) is 72.2 Å². The number of hydrogen-bond donors (Lipinski definition) is 2. The van der Waals surface area contributed by atoms with Crippen molar-refractivity contribution in [3.8, 4) is 17.2 Å². The summed E-state index contributed by atoms with van der Waals surface area (Å²) < 4.78 is 0. The van der Waals surface area contributed by atoms with Crippen molar-refractivity contribution in [2.75, 3.05) is 0 Å². The average molecular weight is 299 g/mol. The molecule has 3 N–H and O–H groups in total. The zero-order valence-corrected chi connectivity index (χ0v) is 12.2. The van der Waals surface area contributed by atoms with Crippen LogP contribution < -0.4 is 5.73 Å². The Balaban J connectivity index is 2.09. The summed E-state index contributed by atoms with van der Waals surface area (Å²) in [5, 5.41) is 14.4. The standard InChI is InChI=1S/C18H13N5/c19-10-17(20)18(23-21)13-6-4-12(5-7-13)15-3-1-2-14-11-22-9-8-16(14)15/h1-9,11,21H,20H2/b18-17-,23-21?. The molecule has 0 radical (unpaired) electrons. The van der Waals surface area contributed by atoms with E-state index in [9.17, 15) is 0 Å². The first-order valence-electron chi connectivity index (χ1n) is 6.95. The quantitative estimate of drug-likeness (QED) is 0.563. The van der Waals surface area contributed by atoms with Gasteiger partial charge in [0.05, 0.1) is 0 Å². The molecule has 3 aromatic rings. The fourth-order valence-electron chi connectivity index (χ4n) is 2.52. The summed E-state index contributed by atoms with van der Waals surface area (Å²) in [4.78, 5) is 4.14. The van der Waals surface area contributed by atoms with Gasteiger partial charge in [0.15, 0.2) is 0 Å². The zero-order valence-electron chi connectivity index (χ0n) is 12.2. The first-order chi connectivity index (χ1) is 11.2. The van der Waals surface area contributed by atoms with Gasteiger partial charge < -0.3 is 5.73 Å². The van der Waals surface area contributed by atoms with Crippen LogP contribution in [0.4, 0.5) is 0 Å². The molecule has 0 bridgehead atoms. The molecule has 0 aliphatic heterocycles. The van der Waals surface area contributed by atoms with E-state index in [0.29, 0.717) is 5.56 Å². The molecule has 0 amide bonds. The van der Waals surface area contributed by atoms with Gasteiger partial charge in [-0.05, 0) is 22.6 Å². The Morgan fingerprint density at radius 3 is 2.61 bits per heavy atom. The summed E-state index contributed by atoms with van der Waals surface area (Å²) >= 11 is 0. The largest absolute Gasteiger partial charge is 0.388 e. The van der Waals surface area contributed by atoms with Crippen molar-refractivity contribution in [1.82, 2.24) is 4.98 Å². The summed E-state index contributed by atoms with van der Waals surface area (Å²) in [6.45, 7) is 0. The van der Waals surface area contributed by atoms with Crippen LogP contribution in [0.3, 0.4) is 0 Å². The average Bonchev–Trinajstić information content (AvgIpc) is 2.62. The molecular weight excluding hydrogens is 286 g/mol. The summed E-state index contributed by atoms with van der Waals surface area (Å²) in [5.74, 6) is 0. The molecule has 0 atom stereocenters. The van der Waals surface area contributed by atoms with E-state index in [1.54, 1.807) is 6.20 Å². The number of nitrogens with one attached hydrogen (secondary N) is 1. The fraction of sp³-hybridized carbons (Fsp3) is 0. The van der Waals surface area contributed by atoms with E-state index in [-0.39, 0.29) is 11.4 Å². The van der Waals surface area contributed by atoms with E-state index < -0.39 is 0 Å². The Hall–Kier alpha value is -3.52. The van der Waals surface area contributed by atoms with Gasteiger partial charge >= 0.3 is 0 Å². The van der Waals surface area contributed by atoms with Crippen LogP contribution in [0.15, 0.2) is 71.7 Å². The number of aromatic nitrogens is 1. The van der Waals surface area contributed by atoms with E-state index in [0.717, 1.165) is 21.9 Å². The SMILES string of the molecule is N#C/C(N)=C(/N=N)c1ccc(-c2cccc3cnccc23)cc1. The van der Waals surface area contributed by atoms with Crippen LogP contribution in [0.1, 0.15) is 5.56 Å². The van der Waals surface area contributed by atoms with Crippen LogP contribution in [0.5, 0.6) is 0 Å². The van der Waals surface area contributed by atoms with Crippen molar-refractivity contribution in [2.45, 2.75) is 0 Å². The predicted molar refractivity (Wildman–Crippen MR) is 89.0 cm³/mol. The molecule has 0 spiro atoms. The molecule has 0 fully saturated rings. The van der Waals surface area contributed by atoms with Gasteiger partial charge in [-0.3, -0.25) is 4.98 Å². The maximum absolute atomic E-state index is 8.87. The molecule has 0 saturated heterocycles. The first kappa shape index (κ1) is 14.4. The second-order valence-corrected chi connectivity index (χ2v) is 4.97. The fourth-order valence-corrected chi connectivity index (χ4v) is 2.52. The first-order valence-corrected chi connectivity index (χ1v) is 6.95. The van der Waals surface area contributed by atoms with Crippen LogP contribution >= 0.6 is 0 Å². The summed E-state index contributed by atoms with van der Waals surface area (Å²) in [6, 6.07) is 17.4. The van der Waals surface area contributed by atoms with Crippen LogP contribution in [-0.4, -0.2) is 4.98 Å². The zero-order chi connectivity index (χ0) is 16.2. The van der Waals surface area contributed by atoms with Crippen LogP contribution in [0, 0.1) is 16.9 Å². The molecule has 5 heteroatoms. The lowest BCUT2D eigenvalue weighted by molar-refractivity contribution is 1.14. The van der Waals surface area contributed by atoms with E-state index in [1.165, 1.54) is 0 Å². The Morgan fingerprint density at radius 1 is 1.13 bits per heavy atom. The van der Waals surface area contributed by atoms with Gasteiger partial charge in [-0.15, -0.1) is 0 Å². The number of hydrogen-bond acceptors (Lipinski definition) is 5. The molecule has 0 saturated carbocycles. The Labute approximate surface area is 133 Å². The minimum atomic E-state index is -0.0658. The lowest BCUT2D eigenvalue weighted by atomic mass is 9.98. The summed E-state index contributed by atoms with van der Waals surface area (Å²) in [7, 11) is 0. The van der Waals surface area contributed by atoms with Gasteiger partial charge in [-0.1, -0.05) is 42.5 Å². The van der Waals surface area contributed by atoms with E-state index in [1.807, 2.05) is 60.8 Å². The number of pyridine rings is 1. The summed E-state index contributed by atoms with van der Waals surface area (Å²) in [6.07, 6.45) is 3.61. The van der Waals surface area contributed by atoms with Crippen molar-refractivity contribution in [2.24, 2.45) is 10.8 Å². The third-order valence-corrected chi connectivity index (χ3v) is 3.64. The van der Waals surface area contributed by atoms with Gasteiger partial charge in [0.1, 0.15) is 17.5 Å². The summed E-state index contributed by atoms with van der Waals surface area (Å²) in [5.41, 5.74) is 15.7. The van der Waals surface area contributed by atoms with Crippen molar-refractivity contribution >= 4 is 16.5 Å². The number of nitriles is 1. The van der Waals surface area contributed by atoms with Gasteiger partial charge in [0.25, 0.3) is 0 Å². The number of benzene rings is 2. The third kappa shape index (κ3) is 2.65. The number of nitrogens with two attached hydrogens (primary N) is 1. The molecule has 0 aliphatic rings. The highest BCUT2D eigenvalue weighted by Crippen LogP contribution is 2.29. The number of rotatable bonds is 3. The number of fused-ring (bicyclic) bond motifs is 1. The molecule has 5 nitrogen and oxygen atoms in total. The molecule has 0 unspecified atom stereocenters. The number of allylic oxidation sites excluding steroid dienone is 1. The van der Waals surface area contributed by atoms with Crippen LogP contribution in [0.2, 0.25) is 0 Å². The van der Waals surface area contributed by atoms with Gasteiger partial charge in [-0.2, -0.15) is 10.4 Å². The lowest BCUT2D eigenvalue weighted by Gasteiger charge is -2.08. The van der Waals surface area contributed by atoms with Gasteiger partial charge in [0, 0.05) is 23.3 Å². The highest BCUT2D eigenvalue weighted by molar-refractivity contribution is 5.96. The Morgan fingerprint density at radius 2 is 1.91 bits per heavy atom. The monoisotopic (exact) mass is 299 g/mol. The molecule has 110 valence electrons. The molecule has 1 heterocycles. The Kier molecular flexibility index (Phi) is 3.81. The number of nitrogens with zero attached hydrogens (tertiary/aromatic N) is 3. The van der Waals surface area contributed by atoms with Crippen LogP contribution in [0.25, 0.3) is 27.6 Å². The molecule has 0 aliphatic carbocycles. The molecule has 1 aromatic heterocycles. The second kappa shape index (κ2) is 6.08. The molecule has 3 rings (SSSR count). The van der Waals surface area contributed by atoms with Crippen molar-refractivity contribution < 1.29 is 0 Å². The lowest BCUT2D eigenvalue weighted by Crippen LogP contribution is -1.97. The normalized spacial score (nSPS) is 11.6. The third-order valence-electron chi connectivity index (χ3n) is 3.64. The van der Waals surface area contributed by atoms with Crippen molar-refractivity contribution in [3.63, 3.8) is 0 Å². The molecule has 2 aromatic carbocycles. The highest BCUT2D eigenvalue weighted by atomic mass is 15.0. The van der Waals surface area contributed by atoms with Crippen molar-refractivity contribution in [1.29, 1.82) is 10.8 Å². The van der Waals surface area contributed by atoms with E-state index in [2.05, 4.69) is 10.1 Å². The maximum atomic E-state index is 8.87. The predicted octanol–water partition coefficient (Wildman–Crippen LogP) is 4.08. The van der Waals surface area contributed by atoms with Gasteiger partial charge in [-0.25, -0.2) is 5.53 Å². The Bertz CT molecular complexity index is 944. The topological polar surface area (TPSA) is 98.9 Å². The highest BCUT2D eigenvalue weighted by Gasteiger charge is 2.08. The van der Waals surface area contributed by atoms with E-state index in [4.69, 9.17) is 16.5 Å². The van der Waals surface area contributed by atoms with Crippen LogP contribution in [-0.2, 0) is 0 Å².